The maximum absolute atomic E-state index is 11.3. The fourth-order valence-corrected chi connectivity index (χ4v) is 2.48. The molecule has 3 aromatic rings. The van der Waals surface area contributed by atoms with Crippen LogP contribution in [0.4, 0.5) is 0 Å². The van der Waals surface area contributed by atoms with E-state index in [1.54, 1.807) is 0 Å². The molecule has 0 saturated carbocycles. The van der Waals surface area contributed by atoms with Crippen LogP contribution >= 0.6 is 0 Å². The highest BCUT2D eigenvalue weighted by molar-refractivity contribution is 5.74. The Morgan fingerprint density at radius 2 is 1.80 bits per heavy atom. The van der Waals surface area contributed by atoms with Crippen molar-refractivity contribution in [2.24, 2.45) is 0 Å². The van der Waals surface area contributed by atoms with Crippen LogP contribution in [0, 0.1) is 0 Å². The summed E-state index contributed by atoms with van der Waals surface area (Å²) in [5, 5.41) is 0. The van der Waals surface area contributed by atoms with Crippen LogP contribution in [0.15, 0.2) is 60.9 Å². The summed E-state index contributed by atoms with van der Waals surface area (Å²) in [6.45, 7) is 0.790. The maximum atomic E-state index is 11.3. The van der Waals surface area contributed by atoms with Gasteiger partial charge in [0, 0.05) is 12.5 Å². The molecule has 1 aromatic heterocycles. The van der Waals surface area contributed by atoms with Crippen molar-refractivity contribution in [2.45, 2.75) is 18.9 Å². The number of rotatable bonds is 5. The third-order valence-electron chi connectivity index (χ3n) is 3.60. The number of para-hydroxylation sites is 2. The van der Waals surface area contributed by atoms with Crippen LogP contribution in [0.3, 0.4) is 0 Å². The molecule has 2 aromatic carbocycles. The molecule has 0 aliphatic heterocycles. The Kier molecular flexibility index (Phi) is 3.59. The van der Waals surface area contributed by atoms with Gasteiger partial charge in [0.1, 0.15) is 6.29 Å². The zero-order chi connectivity index (χ0) is 13.8. The van der Waals surface area contributed by atoms with Crippen molar-refractivity contribution < 1.29 is 4.79 Å². The summed E-state index contributed by atoms with van der Waals surface area (Å²) in [5.41, 5.74) is 3.19. The predicted molar refractivity (Wildman–Crippen MR) is 79.6 cm³/mol. The van der Waals surface area contributed by atoms with Crippen LogP contribution in [0.5, 0.6) is 0 Å². The minimum Gasteiger partial charge on any atom is -0.331 e. The summed E-state index contributed by atoms with van der Waals surface area (Å²) in [4.78, 5) is 15.7. The van der Waals surface area contributed by atoms with Crippen molar-refractivity contribution >= 4 is 17.3 Å². The Morgan fingerprint density at radius 1 is 1.05 bits per heavy atom. The van der Waals surface area contributed by atoms with Crippen molar-refractivity contribution in [3.05, 3.63) is 66.5 Å². The molecule has 20 heavy (non-hydrogen) atoms. The Balaban J connectivity index is 1.77. The summed E-state index contributed by atoms with van der Waals surface area (Å²) in [5.74, 6) is -0.0580. The topological polar surface area (TPSA) is 34.9 Å². The molecule has 0 aliphatic carbocycles. The molecule has 0 N–H and O–H groups in total. The van der Waals surface area contributed by atoms with Gasteiger partial charge in [0.05, 0.1) is 17.4 Å². The van der Waals surface area contributed by atoms with Crippen molar-refractivity contribution in [1.29, 1.82) is 0 Å². The van der Waals surface area contributed by atoms with Gasteiger partial charge in [-0.15, -0.1) is 0 Å². The minimum atomic E-state index is -0.0580. The third-order valence-corrected chi connectivity index (χ3v) is 3.60. The lowest BCUT2D eigenvalue weighted by molar-refractivity contribution is -0.109. The number of benzene rings is 2. The van der Waals surface area contributed by atoms with Gasteiger partial charge in [-0.25, -0.2) is 4.98 Å². The van der Waals surface area contributed by atoms with Gasteiger partial charge in [-0.1, -0.05) is 42.5 Å². The lowest BCUT2D eigenvalue weighted by Crippen LogP contribution is -2.05. The van der Waals surface area contributed by atoms with Gasteiger partial charge in [0.15, 0.2) is 0 Å². The molecule has 3 rings (SSSR count). The van der Waals surface area contributed by atoms with Gasteiger partial charge in [-0.2, -0.15) is 0 Å². The zero-order valence-corrected chi connectivity index (χ0v) is 11.1. The highest BCUT2D eigenvalue weighted by Crippen LogP contribution is 2.19. The molecule has 0 aliphatic rings. The lowest BCUT2D eigenvalue weighted by atomic mass is 9.97. The first-order chi connectivity index (χ1) is 9.88. The summed E-state index contributed by atoms with van der Waals surface area (Å²) >= 11 is 0. The monoisotopic (exact) mass is 264 g/mol. The highest BCUT2D eigenvalue weighted by atomic mass is 16.1. The molecule has 3 heteroatoms. The number of nitrogens with zero attached hydrogens (tertiary/aromatic N) is 2. The molecular weight excluding hydrogens is 248 g/mol. The van der Waals surface area contributed by atoms with Crippen LogP contribution in [-0.2, 0) is 11.3 Å². The number of fused-ring (bicyclic) bond motifs is 1. The fourth-order valence-electron chi connectivity index (χ4n) is 2.48. The second-order valence-electron chi connectivity index (χ2n) is 4.87. The van der Waals surface area contributed by atoms with Crippen LogP contribution in [0.25, 0.3) is 11.0 Å². The number of imidazole rings is 1. The van der Waals surface area contributed by atoms with Crippen molar-refractivity contribution in [3.8, 4) is 0 Å². The molecule has 100 valence electrons. The Hall–Kier alpha value is -2.42. The summed E-state index contributed by atoms with van der Waals surface area (Å²) < 4.78 is 2.11. The Labute approximate surface area is 117 Å². The lowest BCUT2D eigenvalue weighted by Gasteiger charge is -2.11. The maximum Gasteiger partial charge on any atom is 0.127 e. The molecule has 0 bridgehead atoms. The van der Waals surface area contributed by atoms with Crippen LogP contribution in [0.2, 0.25) is 0 Å². The first kappa shape index (κ1) is 12.6. The van der Waals surface area contributed by atoms with E-state index in [-0.39, 0.29) is 5.92 Å². The smallest absolute Gasteiger partial charge is 0.127 e. The zero-order valence-electron chi connectivity index (χ0n) is 11.1. The first-order valence-electron chi connectivity index (χ1n) is 6.78. The van der Waals surface area contributed by atoms with E-state index in [0.29, 0.717) is 0 Å². The van der Waals surface area contributed by atoms with E-state index in [1.807, 2.05) is 54.9 Å². The van der Waals surface area contributed by atoms with Crippen molar-refractivity contribution in [2.75, 3.05) is 0 Å². The normalized spacial score (nSPS) is 12.4. The van der Waals surface area contributed by atoms with E-state index in [1.165, 1.54) is 0 Å². The van der Waals surface area contributed by atoms with Crippen molar-refractivity contribution in [1.82, 2.24) is 9.55 Å². The summed E-state index contributed by atoms with van der Waals surface area (Å²) in [6, 6.07) is 18.0. The third kappa shape index (κ3) is 2.48. The van der Waals surface area contributed by atoms with Gasteiger partial charge in [-0.05, 0) is 24.1 Å². The van der Waals surface area contributed by atoms with Gasteiger partial charge < -0.3 is 9.36 Å². The number of aldehydes is 1. The molecule has 0 spiro atoms. The average molecular weight is 264 g/mol. The molecule has 0 saturated heterocycles. The summed E-state index contributed by atoms with van der Waals surface area (Å²) in [7, 11) is 0. The van der Waals surface area contributed by atoms with E-state index in [2.05, 4.69) is 15.6 Å². The van der Waals surface area contributed by atoms with E-state index in [0.717, 1.165) is 35.8 Å². The highest BCUT2D eigenvalue weighted by Gasteiger charge is 2.11. The number of hydrogen-bond acceptors (Lipinski definition) is 2. The number of aromatic nitrogens is 2. The first-order valence-corrected chi connectivity index (χ1v) is 6.78. The second-order valence-corrected chi connectivity index (χ2v) is 4.87. The van der Waals surface area contributed by atoms with Crippen molar-refractivity contribution in [3.63, 3.8) is 0 Å². The number of hydrogen-bond donors (Lipinski definition) is 0. The molecule has 1 atom stereocenters. The number of carbonyl (C=O) groups is 1. The van der Waals surface area contributed by atoms with Crippen LogP contribution in [0.1, 0.15) is 17.9 Å². The molecule has 0 radical (unpaired) electrons. The van der Waals surface area contributed by atoms with Gasteiger partial charge >= 0.3 is 0 Å². The standard InChI is InChI=1S/C17H16N2O/c20-12-15(14-6-2-1-3-7-14)10-11-19-13-18-16-8-4-5-9-17(16)19/h1-9,12-13,15H,10-11H2. The molecule has 1 unspecified atom stereocenters. The molecule has 3 nitrogen and oxygen atoms in total. The largest absolute Gasteiger partial charge is 0.331 e. The number of aryl methyl sites for hydroxylation is 1. The quantitative estimate of drug-likeness (QED) is 0.662. The van der Waals surface area contributed by atoms with Gasteiger partial charge in [0.2, 0.25) is 0 Å². The average Bonchev–Trinajstić information content (AvgIpc) is 2.92. The SMILES string of the molecule is O=CC(CCn1cnc2ccccc21)c1ccccc1. The van der Waals surface area contributed by atoms with E-state index < -0.39 is 0 Å². The fraction of sp³-hybridized carbons (Fsp3) is 0.176. The Morgan fingerprint density at radius 3 is 2.60 bits per heavy atom. The van der Waals surface area contributed by atoms with E-state index in [9.17, 15) is 4.79 Å². The van der Waals surface area contributed by atoms with Crippen LogP contribution in [-0.4, -0.2) is 15.8 Å². The van der Waals surface area contributed by atoms with E-state index in [4.69, 9.17) is 0 Å². The molecule has 0 fully saturated rings. The second kappa shape index (κ2) is 5.70. The molecule has 0 amide bonds. The molecule has 1 heterocycles. The van der Waals surface area contributed by atoms with E-state index >= 15 is 0 Å². The van der Waals surface area contributed by atoms with Gasteiger partial charge in [0.25, 0.3) is 0 Å². The Bertz CT molecular complexity index is 703. The summed E-state index contributed by atoms with van der Waals surface area (Å²) in [6.07, 6.45) is 3.67. The number of carbonyl (C=O) groups excluding carboxylic acids is 1. The minimum absolute atomic E-state index is 0.0580. The molecular formula is C17H16N2O. The van der Waals surface area contributed by atoms with Crippen LogP contribution < -0.4 is 0 Å². The predicted octanol–water partition coefficient (Wildman–Crippen LogP) is 3.41. The van der Waals surface area contributed by atoms with Gasteiger partial charge in [-0.3, -0.25) is 0 Å².